The number of nitrogens with one attached hydrogen (secondary N) is 1. The van der Waals surface area contributed by atoms with Crippen molar-refractivity contribution in [2.24, 2.45) is 0 Å². The first kappa shape index (κ1) is 14.4. The van der Waals surface area contributed by atoms with Gasteiger partial charge in [-0.15, -0.1) is 0 Å². The number of amides is 1. The van der Waals surface area contributed by atoms with E-state index < -0.39 is 0 Å². The van der Waals surface area contributed by atoms with Gasteiger partial charge in [-0.2, -0.15) is 0 Å². The van der Waals surface area contributed by atoms with Gasteiger partial charge in [0.15, 0.2) is 0 Å². The molecule has 0 bridgehead atoms. The molecule has 1 N–H and O–H groups in total. The van der Waals surface area contributed by atoms with Crippen molar-refractivity contribution in [3.8, 4) is 5.69 Å². The van der Waals surface area contributed by atoms with E-state index in [0.29, 0.717) is 16.4 Å². The minimum Gasteiger partial charge on any atom is -0.324 e. The van der Waals surface area contributed by atoms with E-state index in [4.69, 9.17) is 11.6 Å². The summed E-state index contributed by atoms with van der Waals surface area (Å²) in [6, 6.07) is 12.9. The van der Waals surface area contributed by atoms with Crippen LogP contribution in [-0.4, -0.2) is 15.5 Å². The van der Waals surface area contributed by atoms with Crippen LogP contribution in [0.4, 0.5) is 5.82 Å². The lowest BCUT2D eigenvalue weighted by atomic mass is 10.1. The minimum atomic E-state index is -0.277. The molecular formula is C17H14ClN3O. The SMILES string of the molecule is Cc1cccnc1NC(=O)c1cc(-n2cccc2)ccc1Cl. The molecular weight excluding hydrogens is 298 g/mol. The van der Waals surface area contributed by atoms with Crippen molar-refractivity contribution in [3.05, 3.63) is 77.2 Å². The minimum absolute atomic E-state index is 0.277. The number of pyridine rings is 1. The normalized spacial score (nSPS) is 10.5. The van der Waals surface area contributed by atoms with E-state index in [2.05, 4.69) is 10.3 Å². The van der Waals surface area contributed by atoms with Gasteiger partial charge in [0.25, 0.3) is 5.91 Å². The number of anilines is 1. The molecule has 1 amide bonds. The van der Waals surface area contributed by atoms with Gasteiger partial charge < -0.3 is 9.88 Å². The summed E-state index contributed by atoms with van der Waals surface area (Å²) in [6.45, 7) is 1.89. The average Bonchev–Trinajstić information content (AvgIpc) is 3.04. The van der Waals surface area contributed by atoms with E-state index >= 15 is 0 Å². The summed E-state index contributed by atoms with van der Waals surface area (Å²) in [6.07, 6.45) is 5.46. The monoisotopic (exact) mass is 311 g/mol. The molecule has 3 rings (SSSR count). The maximum atomic E-state index is 12.5. The molecule has 0 saturated heterocycles. The molecule has 3 aromatic rings. The molecule has 0 aliphatic rings. The second kappa shape index (κ2) is 6.03. The molecule has 0 unspecified atom stereocenters. The standard InChI is InChI=1S/C17H14ClN3O/c1-12-5-4-8-19-16(12)20-17(22)14-11-13(6-7-15(14)18)21-9-2-3-10-21/h2-11H,1H3,(H,19,20,22). The van der Waals surface area contributed by atoms with Crippen molar-refractivity contribution in [1.29, 1.82) is 0 Å². The summed E-state index contributed by atoms with van der Waals surface area (Å²) in [5.74, 6) is 0.260. The van der Waals surface area contributed by atoms with Crippen LogP contribution < -0.4 is 5.32 Å². The summed E-state index contributed by atoms with van der Waals surface area (Å²) >= 11 is 6.17. The zero-order valence-electron chi connectivity index (χ0n) is 12.0. The van der Waals surface area contributed by atoms with Gasteiger partial charge in [-0.05, 0) is 48.9 Å². The van der Waals surface area contributed by atoms with Gasteiger partial charge in [0, 0.05) is 24.3 Å². The van der Waals surface area contributed by atoms with Gasteiger partial charge in [0.1, 0.15) is 5.82 Å². The Morgan fingerprint density at radius 1 is 1.18 bits per heavy atom. The Bertz CT molecular complexity index is 813. The largest absolute Gasteiger partial charge is 0.324 e. The number of carbonyl (C=O) groups is 1. The third-order valence-electron chi connectivity index (χ3n) is 3.34. The summed E-state index contributed by atoms with van der Waals surface area (Å²) in [7, 11) is 0. The molecule has 0 fully saturated rings. The van der Waals surface area contributed by atoms with Crippen LogP contribution in [0.5, 0.6) is 0 Å². The second-order valence-corrected chi connectivity index (χ2v) is 5.28. The van der Waals surface area contributed by atoms with Crippen molar-refractivity contribution < 1.29 is 4.79 Å². The van der Waals surface area contributed by atoms with Crippen LogP contribution in [0.15, 0.2) is 61.1 Å². The number of benzene rings is 1. The molecule has 0 atom stereocenters. The summed E-state index contributed by atoms with van der Waals surface area (Å²) in [5.41, 5.74) is 2.18. The molecule has 4 nitrogen and oxygen atoms in total. The molecule has 0 radical (unpaired) electrons. The van der Waals surface area contributed by atoms with E-state index in [9.17, 15) is 4.79 Å². The highest BCUT2D eigenvalue weighted by Crippen LogP contribution is 2.22. The Hall–Kier alpha value is -2.59. The third kappa shape index (κ3) is 2.87. The van der Waals surface area contributed by atoms with Crippen LogP contribution in [-0.2, 0) is 0 Å². The Labute approximate surface area is 133 Å². The van der Waals surface area contributed by atoms with Crippen LogP contribution in [0, 0.1) is 6.92 Å². The average molecular weight is 312 g/mol. The fourth-order valence-electron chi connectivity index (χ4n) is 2.15. The van der Waals surface area contributed by atoms with E-state index in [1.165, 1.54) is 0 Å². The van der Waals surface area contributed by atoms with E-state index in [0.717, 1.165) is 11.3 Å². The molecule has 2 heterocycles. The van der Waals surface area contributed by atoms with Crippen LogP contribution in [0.3, 0.4) is 0 Å². The van der Waals surface area contributed by atoms with E-state index in [-0.39, 0.29) is 5.91 Å². The Balaban J connectivity index is 1.92. The van der Waals surface area contributed by atoms with Crippen molar-refractivity contribution in [2.45, 2.75) is 6.92 Å². The van der Waals surface area contributed by atoms with Crippen molar-refractivity contribution >= 4 is 23.3 Å². The van der Waals surface area contributed by atoms with E-state index in [1.807, 2.05) is 54.2 Å². The number of rotatable bonds is 3. The van der Waals surface area contributed by atoms with Gasteiger partial charge in [-0.25, -0.2) is 4.98 Å². The number of hydrogen-bond donors (Lipinski definition) is 1. The molecule has 22 heavy (non-hydrogen) atoms. The number of aryl methyl sites for hydroxylation is 1. The topological polar surface area (TPSA) is 46.9 Å². The molecule has 2 aromatic heterocycles. The zero-order chi connectivity index (χ0) is 15.5. The quantitative estimate of drug-likeness (QED) is 0.792. The highest BCUT2D eigenvalue weighted by Gasteiger charge is 2.13. The number of nitrogens with zero attached hydrogens (tertiary/aromatic N) is 2. The lowest BCUT2D eigenvalue weighted by Crippen LogP contribution is -2.14. The Morgan fingerprint density at radius 3 is 2.68 bits per heavy atom. The fourth-order valence-corrected chi connectivity index (χ4v) is 2.35. The summed E-state index contributed by atoms with van der Waals surface area (Å²) in [5, 5.41) is 3.20. The van der Waals surface area contributed by atoms with Gasteiger partial charge in [0.05, 0.1) is 10.6 Å². The lowest BCUT2D eigenvalue weighted by Gasteiger charge is -2.10. The lowest BCUT2D eigenvalue weighted by molar-refractivity contribution is 0.102. The Kier molecular flexibility index (Phi) is 3.94. The smallest absolute Gasteiger partial charge is 0.258 e. The summed E-state index contributed by atoms with van der Waals surface area (Å²) < 4.78 is 1.92. The molecule has 0 spiro atoms. The highest BCUT2D eigenvalue weighted by atomic mass is 35.5. The predicted molar refractivity (Wildman–Crippen MR) is 87.7 cm³/mol. The van der Waals surface area contributed by atoms with Crippen LogP contribution in [0.25, 0.3) is 5.69 Å². The van der Waals surface area contributed by atoms with Gasteiger partial charge >= 0.3 is 0 Å². The van der Waals surface area contributed by atoms with Crippen LogP contribution in [0.2, 0.25) is 5.02 Å². The first-order valence-corrected chi connectivity index (χ1v) is 7.19. The molecule has 0 aliphatic heterocycles. The van der Waals surface area contributed by atoms with Crippen LogP contribution >= 0.6 is 11.6 Å². The van der Waals surface area contributed by atoms with Crippen molar-refractivity contribution in [2.75, 3.05) is 5.32 Å². The maximum Gasteiger partial charge on any atom is 0.258 e. The van der Waals surface area contributed by atoms with E-state index in [1.54, 1.807) is 18.3 Å². The molecule has 110 valence electrons. The fraction of sp³-hybridized carbons (Fsp3) is 0.0588. The third-order valence-corrected chi connectivity index (χ3v) is 3.67. The highest BCUT2D eigenvalue weighted by molar-refractivity contribution is 6.34. The molecule has 1 aromatic carbocycles. The maximum absolute atomic E-state index is 12.5. The second-order valence-electron chi connectivity index (χ2n) is 4.88. The number of hydrogen-bond acceptors (Lipinski definition) is 2. The molecule has 0 saturated carbocycles. The summed E-state index contributed by atoms with van der Waals surface area (Å²) in [4.78, 5) is 16.6. The zero-order valence-corrected chi connectivity index (χ0v) is 12.7. The Morgan fingerprint density at radius 2 is 1.95 bits per heavy atom. The molecule has 0 aliphatic carbocycles. The van der Waals surface area contributed by atoms with Gasteiger partial charge in [-0.1, -0.05) is 17.7 Å². The van der Waals surface area contributed by atoms with Gasteiger partial charge in [-0.3, -0.25) is 4.79 Å². The van der Waals surface area contributed by atoms with Gasteiger partial charge in [0.2, 0.25) is 0 Å². The number of aromatic nitrogens is 2. The van der Waals surface area contributed by atoms with Crippen LogP contribution in [0.1, 0.15) is 15.9 Å². The van der Waals surface area contributed by atoms with Crippen molar-refractivity contribution in [1.82, 2.24) is 9.55 Å². The predicted octanol–water partition coefficient (Wildman–Crippen LogP) is 4.09. The van der Waals surface area contributed by atoms with Crippen molar-refractivity contribution in [3.63, 3.8) is 0 Å². The molecule has 5 heteroatoms. The first-order chi connectivity index (χ1) is 10.6. The first-order valence-electron chi connectivity index (χ1n) is 6.81. The number of halogens is 1. The number of carbonyl (C=O) groups excluding carboxylic acids is 1.